The number of likely N-dealkylation sites (tertiary alicyclic amines) is 1. The fraction of sp³-hybridized carbons (Fsp3) is 0.517. The van der Waals surface area contributed by atoms with Crippen molar-refractivity contribution in [1.29, 1.82) is 0 Å². The summed E-state index contributed by atoms with van der Waals surface area (Å²) in [6.45, 7) is 10.8. The van der Waals surface area contributed by atoms with Crippen molar-refractivity contribution in [2.24, 2.45) is 11.7 Å². The van der Waals surface area contributed by atoms with Crippen LogP contribution in [0.5, 0.6) is 0 Å². The maximum atomic E-state index is 14.8. The number of hydrogen-bond acceptors (Lipinski definition) is 13. The summed E-state index contributed by atoms with van der Waals surface area (Å²) < 4.78 is 41.3. The van der Waals surface area contributed by atoms with Gasteiger partial charge < -0.3 is 56.4 Å². The van der Waals surface area contributed by atoms with Crippen LogP contribution in [0.25, 0.3) is 10.1 Å². The minimum absolute atomic E-state index is 0.0361. The molecule has 5 aliphatic rings. The van der Waals surface area contributed by atoms with E-state index < -0.39 is 90.5 Å². The Balaban J connectivity index is 0.865. The molecule has 9 amide bonds. The standard InChI is InChI=1S/C60H75F2N10O12PS/c1-5-69-26-24-39-14-16-47(72(39)58(81)45(33-69)67-55(78)49-31-36-30-38(13-18-48(36)86-49)60(61,62)85(82,83)84)54(77)65-43(15-19-50(63)73)52(75)66-44(29-35-9-11-37(12-10-35)59(2,3)4)57(80)70-27-22-34(23-28-70)21-25-64-42-8-6-7-40-41(42)32-71(56(40)79)46-17-20-51(74)68-53(46)76/h6-13,18,30-31,34,39,43-47,64H,5,14-17,19-29,32-33H2,1-4H3,(H2,63,73)(H,65,77)(H,66,75)(H,67,78)(H,68,74,76)(H2,82,83,84)/t39-,43?,44?,45+,46?,47+/m1/s1. The number of nitrogens with one attached hydrogen (secondary N) is 5. The molecule has 0 aliphatic carbocycles. The van der Waals surface area contributed by atoms with Gasteiger partial charge >= 0.3 is 13.3 Å². The Morgan fingerprint density at radius 3 is 2.27 bits per heavy atom. The number of piperidine rings is 2. The van der Waals surface area contributed by atoms with Gasteiger partial charge in [-0.05, 0) is 116 Å². The van der Waals surface area contributed by atoms with E-state index in [-0.39, 0.29) is 90.9 Å². The molecule has 0 spiro atoms. The first-order valence-corrected chi connectivity index (χ1v) is 31.7. The number of imide groups is 1. The van der Waals surface area contributed by atoms with Crippen molar-refractivity contribution >= 4 is 87.9 Å². The fourth-order valence-corrected chi connectivity index (χ4v) is 13.7. The molecule has 1 aromatic heterocycles. The normalized spacial score (nSPS) is 21.5. The van der Waals surface area contributed by atoms with Crippen LogP contribution in [-0.4, -0.2) is 158 Å². The first-order chi connectivity index (χ1) is 40.7. The average Bonchev–Trinajstić information content (AvgIpc) is 2.73. The van der Waals surface area contributed by atoms with E-state index in [2.05, 4.69) is 47.4 Å². The van der Waals surface area contributed by atoms with Crippen molar-refractivity contribution in [3.05, 3.63) is 99.4 Å². The predicted molar refractivity (Wildman–Crippen MR) is 315 cm³/mol. The summed E-state index contributed by atoms with van der Waals surface area (Å²) in [5.41, 5.74) is 3.95. The highest BCUT2D eigenvalue weighted by molar-refractivity contribution is 7.52. The molecule has 6 heterocycles. The lowest BCUT2D eigenvalue weighted by Crippen LogP contribution is -2.62. The smallest absolute Gasteiger partial charge is 0.385 e. The van der Waals surface area contributed by atoms with Gasteiger partial charge in [0.15, 0.2) is 0 Å². The van der Waals surface area contributed by atoms with Crippen LogP contribution in [0.15, 0.2) is 66.7 Å². The van der Waals surface area contributed by atoms with Crippen LogP contribution in [0, 0.1) is 5.92 Å². The van der Waals surface area contributed by atoms with Crippen molar-refractivity contribution in [1.82, 2.24) is 40.9 Å². The number of primary amides is 1. The molecule has 0 bridgehead atoms. The Morgan fingerprint density at radius 2 is 1.59 bits per heavy atom. The third-order valence-electron chi connectivity index (χ3n) is 17.3. The number of benzene rings is 3. The Bertz CT molecular complexity index is 3340. The number of likely N-dealkylation sites (N-methyl/N-ethyl adjacent to an activating group) is 1. The van der Waals surface area contributed by atoms with Crippen LogP contribution >= 0.6 is 18.9 Å². The quantitative estimate of drug-likeness (QED) is 0.0444. The summed E-state index contributed by atoms with van der Waals surface area (Å²) >= 11 is 0.930. The molecule has 5 aliphatic heterocycles. The Kier molecular flexibility index (Phi) is 19.2. The molecule has 9 N–H and O–H groups in total. The van der Waals surface area contributed by atoms with E-state index >= 15 is 0 Å². The molecule has 3 unspecified atom stereocenters. The van der Waals surface area contributed by atoms with Gasteiger partial charge in [0.25, 0.3) is 11.8 Å². The molecular weight excluding hydrogens is 1150 g/mol. The maximum absolute atomic E-state index is 14.8. The zero-order valence-corrected chi connectivity index (χ0v) is 50.3. The van der Waals surface area contributed by atoms with Gasteiger partial charge in [-0.25, -0.2) is 0 Å². The Labute approximate surface area is 500 Å². The number of thiophene rings is 1. The van der Waals surface area contributed by atoms with Crippen molar-refractivity contribution in [3.8, 4) is 0 Å². The van der Waals surface area contributed by atoms with Crippen molar-refractivity contribution in [2.45, 2.75) is 152 Å². The molecular formula is C60H75F2N10O12PS. The molecule has 22 nitrogen and oxygen atoms in total. The first kappa shape index (κ1) is 63.3. The van der Waals surface area contributed by atoms with Gasteiger partial charge in [0.05, 0.1) is 4.88 Å². The zero-order valence-electron chi connectivity index (χ0n) is 48.6. The van der Waals surface area contributed by atoms with Gasteiger partial charge in [0, 0.05) is 91.7 Å². The molecule has 4 aromatic rings. The first-order valence-electron chi connectivity index (χ1n) is 29.3. The number of rotatable bonds is 20. The molecule has 6 atom stereocenters. The summed E-state index contributed by atoms with van der Waals surface area (Å²) in [7, 11) is -5.87. The number of fused-ring (bicyclic) bond motifs is 3. The molecule has 86 heavy (non-hydrogen) atoms. The Morgan fingerprint density at radius 1 is 0.872 bits per heavy atom. The van der Waals surface area contributed by atoms with E-state index in [4.69, 9.17) is 5.73 Å². The van der Waals surface area contributed by atoms with Gasteiger partial charge in [-0.15, -0.1) is 11.3 Å². The van der Waals surface area contributed by atoms with E-state index in [1.165, 1.54) is 21.9 Å². The predicted octanol–water partition coefficient (Wildman–Crippen LogP) is 4.59. The average molecular weight is 1230 g/mol. The van der Waals surface area contributed by atoms with E-state index in [0.717, 1.165) is 52.3 Å². The third-order valence-corrected chi connectivity index (χ3v) is 19.5. The number of halogens is 2. The van der Waals surface area contributed by atoms with E-state index in [1.54, 1.807) is 17.0 Å². The van der Waals surface area contributed by atoms with E-state index in [9.17, 15) is 66.3 Å². The lowest BCUT2D eigenvalue weighted by atomic mass is 9.86. The number of alkyl halides is 2. The molecule has 26 heteroatoms. The van der Waals surface area contributed by atoms with Crippen LogP contribution in [0.2, 0.25) is 0 Å². The highest BCUT2D eigenvalue weighted by Crippen LogP contribution is 2.59. The summed E-state index contributed by atoms with van der Waals surface area (Å²) in [5.74, 6) is -4.65. The monoisotopic (exact) mass is 1230 g/mol. The van der Waals surface area contributed by atoms with Crippen LogP contribution in [-0.2, 0) is 62.2 Å². The highest BCUT2D eigenvalue weighted by Gasteiger charge is 2.51. The van der Waals surface area contributed by atoms with Gasteiger partial charge in [-0.2, -0.15) is 8.78 Å². The topological polar surface area (TPSA) is 310 Å². The summed E-state index contributed by atoms with van der Waals surface area (Å²) in [4.78, 5) is 148. The second-order valence-corrected chi connectivity index (χ2v) is 26.9. The number of carbonyl (C=O) groups is 9. The zero-order chi connectivity index (χ0) is 62.0. The number of nitrogens with zero attached hydrogens (tertiary/aromatic N) is 4. The number of hydrogen-bond donors (Lipinski definition) is 8. The number of anilines is 1. The second-order valence-electron chi connectivity index (χ2n) is 24.1. The second kappa shape index (κ2) is 26.0. The van der Waals surface area contributed by atoms with Gasteiger partial charge in [-0.3, -0.25) is 53.0 Å². The van der Waals surface area contributed by atoms with Crippen molar-refractivity contribution < 1.29 is 66.3 Å². The molecule has 0 saturated carbocycles. The summed E-state index contributed by atoms with van der Waals surface area (Å²) in [6.07, 6.45) is 3.18. The molecule has 9 rings (SSSR count). The van der Waals surface area contributed by atoms with Gasteiger partial charge in [0.1, 0.15) is 30.2 Å². The summed E-state index contributed by atoms with van der Waals surface area (Å²) in [5, 5.41) is 14.5. The van der Waals surface area contributed by atoms with Crippen LogP contribution in [0.3, 0.4) is 0 Å². The van der Waals surface area contributed by atoms with Crippen molar-refractivity contribution in [2.75, 3.05) is 44.6 Å². The lowest BCUT2D eigenvalue weighted by molar-refractivity contribution is -0.144. The molecule has 3 aromatic carbocycles. The highest BCUT2D eigenvalue weighted by atomic mass is 32.1. The van der Waals surface area contributed by atoms with E-state index in [1.807, 2.05) is 42.2 Å². The summed E-state index contributed by atoms with van der Waals surface area (Å²) in [6, 6.07) is 11.6. The third kappa shape index (κ3) is 14.1. The van der Waals surface area contributed by atoms with Crippen LogP contribution < -0.4 is 32.3 Å². The minimum atomic E-state index is -5.87. The minimum Gasteiger partial charge on any atom is -0.385 e. The van der Waals surface area contributed by atoms with Crippen molar-refractivity contribution in [3.63, 3.8) is 0 Å². The molecule has 4 fully saturated rings. The largest absolute Gasteiger partial charge is 0.399 e. The van der Waals surface area contributed by atoms with Crippen LogP contribution in [0.1, 0.15) is 134 Å². The fourth-order valence-electron chi connectivity index (χ4n) is 12.3. The molecule has 4 saturated heterocycles. The number of nitrogens with two attached hydrogens (primary N) is 1. The van der Waals surface area contributed by atoms with Gasteiger partial charge in [0.2, 0.25) is 41.4 Å². The van der Waals surface area contributed by atoms with E-state index in [0.29, 0.717) is 68.7 Å². The van der Waals surface area contributed by atoms with Gasteiger partial charge in [-0.1, -0.05) is 64.1 Å². The lowest BCUT2D eigenvalue weighted by Gasteiger charge is -2.38. The number of carbonyl (C=O) groups excluding carboxylic acids is 9. The molecule has 462 valence electrons. The van der Waals surface area contributed by atoms with Crippen LogP contribution in [0.4, 0.5) is 14.5 Å². The Hall–Kier alpha value is -7.18. The maximum Gasteiger partial charge on any atom is 0.399 e. The number of amides is 9. The SMILES string of the molecule is CCN1CC[C@H]2CC[C@@H](C(=O)NC(CCC(N)=O)C(=O)NC(Cc3ccc(C(C)(C)C)cc3)C(=O)N3CCC(CCNc4cccc5c4CN(C4CCC(=O)NC4=O)C5=O)CC3)N2C(=O)[C@@H](NC(=O)c2cc3cc(C(F)(F)P(=O)(O)O)ccc3s2)C1. The molecule has 0 radical (unpaired) electrons.